The van der Waals surface area contributed by atoms with Gasteiger partial charge in [0.1, 0.15) is 12.6 Å². The molecule has 0 heterocycles. The Morgan fingerprint density at radius 1 is 0.571 bits per heavy atom. The standard InChI is InChI=1S/C44H63N3O2/c1-26-8-18-33(19-9-26)45-44(46-42-31(24-48)12-10-29-16-20-36-34-6-2-4-27(34)14-22-38(36)40(29)42)47-43-32(25-49)13-11-30-17-21-37-35-7-3-5-28(35)15-23-39(37)41(30)43/h8-9,18-19,24-25,27-32,34-43H,2-7,10-17,20-23H2,1H3,(H2,45,46,47)/t27-,28-,29+,30+,31?,32?,34+,35+,36-,37-,38-,39-,40-,41-,42?,43?/m0/s1. The molecular weight excluding hydrogens is 603 g/mol. The number of hydrogen-bond acceptors (Lipinski definition) is 3. The molecule has 8 aliphatic rings. The summed E-state index contributed by atoms with van der Waals surface area (Å²) in [6.07, 6.45) is 26.4. The predicted molar refractivity (Wildman–Crippen MR) is 197 cm³/mol. The molecule has 16 atom stereocenters. The molecule has 4 unspecified atom stereocenters. The number of aldehydes is 2. The van der Waals surface area contributed by atoms with E-state index < -0.39 is 0 Å². The van der Waals surface area contributed by atoms with E-state index in [9.17, 15) is 9.59 Å². The molecule has 0 radical (unpaired) electrons. The van der Waals surface area contributed by atoms with Gasteiger partial charge in [0.15, 0.2) is 5.96 Å². The zero-order valence-corrected chi connectivity index (χ0v) is 30.2. The molecule has 0 spiro atoms. The van der Waals surface area contributed by atoms with Gasteiger partial charge in [-0.3, -0.25) is 0 Å². The van der Waals surface area contributed by atoms with Crippen LogP contribution in [0, 0.1) is 89.8 Å². The minimum atomic E-state index is -0.0180. The smallest absolute Gasteiger partial charge is 0.196 e. The van der Waals surface area contributed by atoms with Crippen molar-refractivity contribution in [1.29, 1.82) is 0 Å². The second-order valence-corrected chi connectivity index (χ2v) is 18.7. The van der Waals surface area contributed by atoms with Crippen molar-refractivity contribution in [3.8, 4) is 0 Å². The van der Waals surface area contributed by atoms with Crippen molar-refractivity contribution >= 4 is 24.2 Å². The van der Waals surface area contributed by atoms with E-state index in [-0.39, 0.29) is 23.9 Å². The van der Waals surface area contributed by atoms with Gasteiger partial charge in [0.25, 0.3) is 0 Å². The number of nitrogens with zero attached hydrogens (tertiary/aromatic N) is 1. The van der Waals surface area contributed by atoms with Crippen molar-refractivity contribution < 1.29 is 9.59 Å². The van der Waals surface area contributed by atoms with Crippen LogP contribution in [-0.2, 0) is 9.59 Å². The van der Waals surface area contributed by atoms with Crippen LogP contribution < -0.4 is 10.6 Å². The first-order chi connectivity index (χ1) is 24.1. The highest BCUT2D eigenvalue weighted by atomic mass is 16.1. The predicted octanol–water partition coefficient (Wildman–Crippen LogP) is 9.24. The van der Waals surface area contributed by atoms with Crippen LogP contribution in [0.2, 0.25) is 0 Å². The second kappa shape index (κ2) is 13.8. The van der Waals surface area contributed by atoms with Crippen molar-refractivity contribution in [1.82, 2.24) is 5.32 Å². The highest BCUT2D eigenvalue weighted by molar-refractivity contribution is 5.94. The van der Waals surface area contributed by atoms with Crippen LogP contribution in [0.5, 0.6) is 0 Å². The third-order valence-corrected chi connectivity index (χ3v) is 16.9. The topological polar surface area (TPSA) is 70.6 Å². The van der Waals surface area contributed by atoms with Crippen molar-refractivity contribution in [3.63, 3.8) is 0 Å². The molecular formula is C44H63N3O2. The summed E-state index contributed by atoms with van der Waals surface area (Å²) in [6, 6.07) is 8.82. The van der Waals surface area contributed by atoms with E-state index in [0.717, 1.165) is 65.9 Å². The van der Waals surface area contributed by atoms with Crippen LogP contribution in [0.1, 0.15) is 121 Å². The molecule has 0 aromatic heterocycles. The Labute approximate surface area is 296 Å². The Morgan fingerprint density at radius 3 is 1.73 bits per heavy atom. The van der Waals surface area contributed by atoms with Crippen molar-refractivity contribution in [3.05, 3.63) is 29.8 Å². The highest BCUT2D eigenvalue weighted by Gasteiger charge is 2.55. The van der Waals surface area contributed by atoms with E-state index in [1.807, 2.05) is 0 Å². The van der Waals surface area contributed by atoms with Gasteiger partial charge in [-0.1, -0.05) is 43.4 Å². The Morgan fingerprint density at radius 2 is 1.10 bits per heavy atom. The molecule has 266 valence electrons. The molecule has 0 amide bonds. The fraction of sp³-hybridized carbons (Fsp3) is 0.795. The van der Waals surface area contributed by atoms with Gasteiger partial charge in [0.2, 0.25) is 0 Å². The molecule has 8 fully saturated rings. The maximum Gasteiger partial charge on any atom is 0.196 e. The normalized spacial score (nSPS) is 47.3. The van der Waals surface area contributed by atoms with Gasteiger partial charge in [-0.15, -0.1) is 0 Å². The van der Waals surface area contributed by atoms with E-state index in [0.29, 0.717) is 29.6 Å². The molecule has 9 rings (SSSR count). The lowest BCUT2D eigenvalue weighted by molar-refractivity contribution is -0.117. The van der Waals surface area contributed by atoms with Crippen LogP contribution in [0.25, 0.3) is 0 Å². The fourth-order valence-electron chi connectivity index (χ4n) is 14.9. The monoisotopic (exact) mass is 665 g/mol. The molecule has 0 aliphatic heterocycles. The first kappa shape index (κ1) is 32.7. The fourth-order valence-corrected chi connectivity index (χ4v) is 14.9. The van der Waals surface area contributed by atoms with Crippen LogP contribution >= 0.6 is 0 Å². The van der Waals surface area contributed by atoms with Gasteiger partial charge in [-0.25, -0.2) is 4.99 Å². The number of carbonyl (C=O) groups is 2. The van der Waals surface area contributed by atoms with E-state index in [4.69, 9.17) is 4.99 Å². The number of nitrogens with one attached hydrogen (secondary N) is 2. The van der Waals surface area contributed by atoms with Crippen LogP contribution in [0.3, 0.4) is 0 Å². The maximum absolute atomic E-state index is 12.9. The summed E-state index contributed by atoms with van der Waals surface area (Å²) < 4.78 is 0. The van der Waals surface area contributed by atoms with E-state index in [1.165, 1.54) is 121 Å². The first-order valence-electron chi connectivity index (χ1n) is 21.2. The molecule has 2 N–H and O–H groups in total. The summed E-state index contributed by atoms with van der Waals surface area (Å²) in [5.41, 5.74) is 2.29. The minimum absolute atomic E-state index is 0.0176. The van der Waals surface area contributed by atoms with Gasteiger partial charge < -0.3 is 20.2 Å². The Hall–Kier alpha value is -2.17. The number of aliphatic imine (C=N–C) groups is 1. The lowest BCUT2D eigenvalue weighted by Gasteiger charge is -2.56. The molecule has 5 heteroatoms. The second-order valence-electron chi connectivity index (χ2n) is 18.7. The Kier molecular flexibility index (Phi) is 9.18. The van der Waals surface area contributed by atoms with E-state index in [2.05, 4.69) is 41.8 Å². The number of guanidine groups is 1. The molecule has 0 saturated heterocycles. The number of carbonyl (C=O) groups excluding carboxylic acids is 2. The van der Waals surface area contributed by atoms with Crippen molar-refractivity contribution in [2.24, 2.45) is 87.8 Å². The summed E-state index contributed by atoms with van der Waals surface area (Å²) in [6.45, 7) is 2.14. The SMILES string of the molecule is Cc1ccc(NC(=NC2C(C=O)CC[C@@H]3CC[C@H]4[C@@H]5CCC[C@H]5CC[C@@H]4[C@@H]23)NC2C(C=O)CC[C@@H]3CC[C@H]4[C@@H]5CCC[C@H]5CC[C@@H]4[C@@H]23)cc1. The summed E-state index contributed by atoms with van der Waals surface area (Å²) in [7, 11) is 0. The van der Waals surface area contributed by atoms with Crippen LogP contribution in [-0.4, -0.2) is 30.6 Å². The van der Waals surface area contributed by atoms with Crippen molar-refractivity contribution in [2.75, 3.05) is 5.32 Å². The molecule has 1 aromatic carbocycles. The Bertz CT molecular complexity index is 1370. The largest absolute Gasteiger partial charge is 0.352 e. The molecule has 1 aromatic rings. The lowest BCUT2D eigenvalue weighted by atomic mass is 9.51. The quantitative estimate of drug-likeness (QED) is 0.187. The van der Waals surface area contributed by atoms with Crippen molar-refractivity contribution in [2.45, 2.75) is 135 Å². The minimum Gasteiger partial charge on any atom is -0.352 e. The van der Waals surface area contributed by atoms with Gasteiger partial charge in [-0.05, 0) is 180 Å². The van der Waals surface area contributed by atoms with E-state index >= 15 is 0 Å². The summed E-state index contributed by atoms with van der Waals surface area (Å²) >= 11 is 0. The number of fused-ring (bicyclic) bond motifs is 10. The molecule has 0 bridgehead atoms. The number of hydrogen-bond donors (Lipinski definition) is 2. The summed E-state index contributed by atoms with van der Waals surface area (Å²) in [4.78, 5) is 31.6. The zero-order valence-electron chi connectivity index (χ0n) is 30.2. The lowest BCUT2D eigenvalue weighted by Crippen LogP contribution is -2.58. The average molecular weight is 666 g/mol. The molecule has 8 aliphatic carbocycles. The third kappa shape index (κ3) is 5.93. The molecule has 5 nitrogen and oxygen atoms in total. The van der Waals surface area contributed by atoms with Crippen LogP contribution in [0.15, 0.2) is 29.3 Å². The first-order valence-corrected chi connectivity index (χ1v) is 21.2. The van der Waals surface area contributed by atoms with Gasteiger partial charge >= 0.3 is 0 Å². The highest BCUT2D eigenvalue weighted by Crippen LogP contribution is 2.60. The molecule has 8 saturated carbocycles. The van der Waals surface area contributed by atoms with E-state index in [1.54, 1.807) is 0 Å². The number of aryl methyl sites for hydroxylation is 1. The summed E-state index contributed by atoms with van der Waals surface area (Å²) in [5.74, 6) is 10.1. The molecule has 49 heavy (non-hydrogen) atoms. The van der Waals surface area contributed by atoms with Crippen LogP contribution in [0.4, 0.5) is 5.69 Å². The zero-order chi connectivity index (χ0) is 33.1. The third-order valence-electron chi connectivity index (χ3n) is 16.9. The van der Waals surface area contributed by atoms with Gasteiger partial charge in [0.05, 0.1) is 6.04 Å². The Balaban J connectivity index is 1.07. The average Bonchev–Trinajstić information content (AvgIpc) is 3.83. The van der Waals surface area contributed by atoms with Gasteiger partial charge in [-0.2, -0.15) is 0 Å². The number of rotatable bonds is 5. The van der Waals surface area contributed by atoms with Gasteiger partial charge in [0, 0.05) is 23.6 Å². The number of benzene rings is 1. The number of anilines is 1. The maximum atomic E-state index is 12.9. The summed E-state index contributed by atoms with van der Waals surface area (Å²) in [5, 5.41) is 7.91.